The summed E-state index contributed by atoms with van der Waals surface area (Å²) in [7, 11) is 0. The number of para-hydroxylation sites is 1. The minimum atomic E-state index is -0.621. The second kappa shape index (κ2) is 7.52. The van der Waals surface area contributed by atoms with E-state index in [9.17, 15) is 4.79 Å². The van der Waals surface area contributed by atoms with Crippen LogP contribution in [0.1, 0.15) is 12.5 Å². The van der Waals surface area contributed by atoms with Crippen molar-refractivity contribution in [1.82, 2.24) is 14.4 Å². The Hall–Kier alpha value is -3.67. The van der Waals surface area contributed by atoms with Crippen LogP contribution in [0.4, 0.5) is 5.69 Å². The maximum absolute atomic E-state index is 12.6. The van der Waals surface area contributed by atoms with Crippen LogP contribution < -0.4 is 10.1 Å². The number of anilines is 1. The number of nitrogens with zero attached hydrogens (tertiary/aromatic N) is 3. The summed E-state index contributed by atoms with van der Waals surface area (Å²) in [5.41, 5.74) is 3.40. The van der Waals surface area contributed by atoms with Crippen molar-refractivity contribution in [1.29, 1.82) is 0 Å². The van der Waals surface area contributed by atoms with Crippen molar-refractivity contribution in [3.63, 3.8) is 0 Å². The lowest BCUT2D eigenvalue weighted by Gasteiger charge is -2.16. The smallest absolute Gasteiger partial charge is 0.265 e. The number of carbonyl (C=O) groups excluding carboxylic acids is 1. The van der Waals surface area contributed by atoms with Gasteiger partial charge in [-0.1, -0.05) is 30.3 Å². The third kappa shape index (κ3) is 3.71. The zero-order chi connectivity index (χ0) is 19.5. The molecule has 4 aromatic rings. The van der Waals surface area contributed by atoms with E-state index in [1.165, 1.54) is 0 Å². The fourth-order valence-corrected chi connectivity index (χ4v) is 2.88. The predicted octanol–water partition coefficient (Wildman–Crippen LogP) is 4.11. The lowest BCUT2D eigenvalue weighted by molar-refractivity contribution is -0.122. The van der Waals surface area contributed by atoms with Gasteiger partial charge in [0.15, 0.2) is 6.10 Å². The molecule has 0 aliphatic carbocycles. The van der Waals surface area contributed by atoms with E-state index in [1.807, 2.05) is 78.3 Å². The Morgan fingerprint density at radius 1 is 1.14 bits per heavy atom. The van der Waals surface area contributed by atoms with Gasteiger partial charge in [0.1, 0.15) is 5.75 Å². The van der Waals surface area contributed by atoms with Crippen molar-refractivity contribution < 1.29 is 9.53 Å². The third-order valence-electron chi connectivity index (χ3n) is 4.45. The molecular formula is C22H20N4O2. The maximum atomic E-state index is 12.6. The molecule has 6 nitrogen and oxygen atoms in total. The molecule has 1 N–H and O–H groups in total. The van der Waals surface area contributed by atoms with Gasteiger partial charge in [0.05, 0.1) is 5.69 Å². The molecule has 0 saturated heterocycles. The average Bonchev–Trinajstić information content (AvgIpc) is 3.14. The largest absolute Gasteiger partial charge is 0.481 e. The monoisotopic (exact) mass is 372 g/mol. The normalized spacial score (nSPS) is 11.9. The summed E-state index contributed by atoms with van der Waals surface area (Å²) >= 11 is 0. The Balaban J connectivity index is 1.54. The molecule has 6 heteroatoms. The first-order valence-corrected chi connectivity index (χ1v) is 9.03. The summed E-state index contributed by atoms with van der Waals surface area (Å²) in [6.07, 6.45) is 4.91. The lowest BCUT2D eigenvalue weighted by atomic mass is 10.1. The number of ether oxygens (including phenoxy) is 1. The Morgan fingerprint density at radius 2 is 1.96 bits per heavy atom. The van der Waals surface area contributed by atoms with Gasteiger partial charge in [-0.2, -0.15) is 0 Å². The van der Waals surface area contributed by atoms with E-state index in [1.54, 1.807) is 13.1 Å². The summed E-state index contributed by atoms with van der Waals surface area (Å²) < 4.78 is 7.57. The number of benzene rings is 2. The molecule has 140 valence electrons. The zero-order valence-electron chi connectivity index (χ0n) is 15.7. The molecular weight excluding hydrogens is 352 g/mol. The summed E-state index contributed by atoms with van der Waals surface area (Å²) in [6.45, 7) is 3.68. The Bertz CT molecular complexity index is 1090. The molecule has 2 heterocycles. The maximum Gasteiger partial charge on any atom is 0.265 e. The number of imidazole rings is 1. The number of nitrogens with one attached hydrogen (secondary N) is 1. The summed E-state index contributed by atoms with van der Waals surface area (Å²) in [5.74, 6) is 1.09. The number of hydrogen-bond acceptors (Lipinski definition) is 4. The Labute approximate surface area is 162 Å². The number of fused-ring (bicyclic) bond motifs is 1. The van der Waals surface area contributed by atoms with Crippen molar-refractivity contribution in [2.45, 2.75) is 20.0 Å². The van der Waals surface area contributed by atoms with E-state index in [0.717, 1.165) is 22.5 Å². The van der Waals surface area contributed by atoms with Crippen LogP contribution in [0.25, 0.3) is 17.0 Å². The van der Waals surface area contributed by atoms with Gasteiger partial charge in [0.25, 0.3) is 5.91 Å². The Morgan fingerprint density at radius 3 is 2.75 bits per heavy atom. The van der Waals surface area contributed by atoms with Gasteiger partial charge < -0.3 is 10.1 Å². The second-order valence-corrected chi connectivity index (χ2v) is 6.55. The minimum Gasteiger partial charge on any atom is -0.481 e. The molecule has 4 rings (SSSR count). The molecule has 0 bridgehead atoms. The predicted molar refractivity (Wildman–Crippen MR) is 108 cm³/mol. The topological polar surface area (TPSA) is 68.5 Å². The highest BCUT2D eigenvalue weighted by Gasteiger charge is 2.16. The van der Waals surface area contributed by atoms with Crippen LogP contribution in [0, 0.1) is 6.92 Å². The molecule has 0 fully saturated rings. The highest BCUT2D eigenvalue weighted by molar-refractivity contribution is 5.95. The molecule has 2 aromatic carbocycles. The molecule has 0 radical (unpaired) electrons. The van der Waals surface area contributed by atoms with Gasteiger partial charge >= 0.3 is 0 Å². The summed E-state index contributed by atoms with van der Waals surface area (Å²) in [5, 5.41) is 2.96. The van der Waals surface area contributed by atoms with Crippen molar-refractivity contribution in [2.75, 3.05) is 5.32 Å². The van der Waals surface area contributed by atoms with Gasteiger partial charge in [-0.3, -0.25) is 9.20 Å². The number of aromatic nitrogens is 3. The Kier molecular flexibility index (Phi) is 4.76. The average molecular weight is 372 g/mol. The van der Waals surface area contributed by atoms with Crippen LogP contribution in [0.15, 0.2) is 73.2 Å². The summed E-state index contributed by atoms with van der Waals surface area (Å²) in [6, 6.07) is 17.0. The quantitative estimate of drug-likeness (QED) is 0.572. The van der Waals surface area contributed by atoms with E-state index < -0.39 is 6.10 Å². The SMILES string of the molecule is Cc1ccc(-c2cn3cccnc3n2)cc1NC(=O)[C@@H](C)Oc1ccccc1. The first-order valence-electron chi connectivity index (χ1n) is 9.03. The van der Waals surface area contributed by atoms with Gasteiger partial charge in [-0.15, -0.1) is 0 Å². The zero-order valence-corrected chi connectivity index (χ0v) is 15.7. The van der Waals surface area contributed by atoms with Crippen molar-refractivity contribution in [2.24, 2.45) is 0 Å². The van der Waals surface area contributed by atoms with Crippen LogP contribution >= 0.6 is 0 Å². The number of amides is 1. The van der Waals surface area contributed by atoms with Gasteiger partial charge in [-0.05, 0) is 43.7 Å². The molecule has 0 spiro atoms. The summed E-state index contributed by atoms with van der Waals surface area (Å²) in [4.78, 5) is 21.4. The second-order valence-electron chi connectivity index (χ2n) is 6.55. The molecule has 2 aromatic heterocycles. The number of rotatable bonds is 5. The first-order chi connectivity index (χ1) is 13.6. The van der Waals surface area contributed by atoms with Gasteiger partial charge in [0, 0.05) is 29.8 Å². The van der Waals surface area contributed by atoms with E-state index in [2.05, 4.69) is 15.3 Å². The highest BCUT2D eigenvalue weighted by atomic mass is 16.5. The highest BCUT2D eigenvalue weighted by Crippen LogP contribution is 2.25. The van der Waals surface area contributed by atoms with Crippen LogP contribution in [-0.4, -0.2) is 26.4 Å². The fraction of sp³-hybridized carbons (Fsp3) is 0.136. The van der Waals surface area contributed by atoms with E-state index >= 15 is 0 Å². The van der Waals surface area contributed by atoms with Crippen LogP contribution in [-0.2, 0) is 4.79 Å². The van der Waals surface area contributed by atoms with Crippen molar-refractivity contribution in [3.05, 3.63) is 78.8 Å². The molecule has 0 unspecified atom stereocenters. The lowest BCUT2D eigenvalue weighted by Crippen LogP contribution is -2.30. The molecule has 0 aliphatic heterocycles. The fourth-order valence-electron chi connectivity index (χ4n) is 2.88. The number of aryl methyl sites for hydroxylation is 1. The molecule has 1 atom stereocenters. The van der Waals surface area contributed by atoms with Gasteiger partial charge in [-0.25, -0.2) is 9.97 Å². The number of carbonyl (C=O) groups is 1. The van der Waals surface area contributed by atoms with Crippen molar-refractivity contribution in [3.8, 4) is 17.0 Å². The molecule has 0 aliphatic rings. The van der Waals surface area contributed by atoms with Crippen molar-refractivity contribution >= 4 is 17.4 Å². The van der Waals surface area contributed by atoms with Crippen LogP contribution in [0.2, 0.25) is 0 Å². The van der Waals surface area contributed by atoms with E-state index in [0.29, 0.717) is 11.5 Å². The van der Waals surface area contributed by atoms with Crippen LogP contribution in [0.5, 0.6) is 5.75 Å². The minimum absolute atomic E-state index is 0.208. The number of hydrogen-bond donors (Lipinski definition) is 1. The standard InChI is InChI=1S/C22H20N4O2/c1-15-9-10-17(20-14-26-12-6-11-23-22(26)25-20)13-19(15)24-21(27)16(2)28-18-7-4-3-5-8-18/h3-14,16H,1-2H3,(H,24,27)/t16-/m1/s1. The van der Waals surface area contributed by atoms with E-state index in [4.69, 9.17) is 4.74 Å². The molecule has 28 heavy (non-hydrogen) atoms. The molecule has 0 saturated carbocycles. The first kappa shape index (κ1) is 17.7. The van der Waals surface area contributed by atoms with E-state index in [-0.39, 0.29) is 5.91 Å². The van der Waals surface area contributed by atoms with Gasteiger partial charge in [0.2, 0.25) is 5.78 Å². The van der Waals surface area contributed by atoms with Crippen LogP contribution in [0.3, 0.4) is 0 Å². The molecule has 1 amide bonds. The third-order valence-corrected chi connectivity index (χ3v) is 4.45.